The molecule has 4 rings (SSSR count). The molecule has 0 aliphatic heterocycles. The van der Waals surface area contributed by atoms with Crippen LogP contribution in [0.2, 0.25) is 0 Å². The molecule has 0 aromatic heterocycles. The van der Waals surface area contributed by atoms with Crippen molar-refractivity contribution in [2.45, 2.75) is 84.5 Å². The topological polar surface area (TPSA) is 35.5 Å². The van der Waals surface area contributed by atoms with Gasteiger partial charge in [0.1, 0.15) is 5.78 Å². The third-order valence-electron chi connectivity index (χ3n) is 8.48. The van der Waals surface area contributed by atoms with Gasteiger partial charge in [0.2, 0.25) is 0 Å². The predicted octanol–water partition coefficient (Wildman–Crippen LogP) is 4.90. The van der Waals surface area contributed by atoms with Crippen molar-refractivity contribution < 1.29 is 14.3 Å². The number of ether oxygens (including phenoxy) is 2. The van der Waals surface area contributed by atoms with E-state index in [-0.39, 0.29) is 11.7 Å². The number of fused-ring (bicyclic) bond motifs is 5. The van der Waals surface area contributed by atoms with Crippen LogP contribution in [0, 0.1) is 28.6 Å². The van der Waals surface area contributed by atoms with Crippen molar-refractivity contribution in [3.8, 4) is 0 Å². The molecule has 4 aliphatic rings. The zero-order valence-corrected chi connectivity index (χ0v) is 16.3. The number of Topliss-reactive ketones (excluding diaryl/α,β-unsaturated/α-hetero) is 1. The highest BCUT2D eigenvalue weighted by molar-refractivity contribution is 5.87. The summed E-state index contributed by atoms with van der Waals surface area (Å²) in [7, 11) is 1.71. The standard InChI is InChI=1S/C22H34O3/c1-14(24-4)25-16-9-11-21(2)15(13-16)5-6-17-18-7-8-20(23)22(18,3)12-10-19(17)21/h5,14,16-19H,6-13H2,1-4H3/t14?,16-,17-,18-,19-,21-,22-/m0/s1. The fourth-order valence-electron chi connectivity index (χ4n) is 6.84. The van der Waals surface area contributed by atoms with Gasteiger partial charge in [0.05, 0.1) is 6.10 Å². The minimum Gasteiger partial charge on any atom is -0.356 e. The van der Waals surface area contributed by atoms with E-state index in [0.29, 0.717) is 29.1 Å². The second-order valence-corrected chi connectivity index (χ2v) is 9.48. The Morgan fingerprint density at radius 2 is 1.84 bits per heavy atom. The zero-order chi connectivity index (χ0) is 17.8. The minimum absolute atomic E-state index is 0.0168. The molecule has 0 amide bonds. The molecule has 0 aromatic carbocycles. The second kappa shape index (κ2) is 6.20. The van der Waals surface area contributed by atoms with Crippen molar-refractivity contribution in [1.82, 2.24) is 0 Å². The van der Waals surface area contributed by atoms with E-state index in [2.05, 4.69) is 19.9 Å². The molecule has 0 bridgehead atoms. The van der Waals surface area contributed by atoms with Crippen LogP contribution in [0.15, 0.2) is 11.6 Å². The first-order chi connectivity index (χ1) is 11.9. The summed E-state index contributed by atoms with van der Waals surface area (Å²) in [6.07, 6.45) is 11.6. The number of carbonyl (C=O) groups excluding carboxylic acids is 1. The molecule has 4 aliphatic carbocycles. The van der Waals surface area contributed by atoms with Gasteiger partial charge in [-0.05, 0) is 75.0 Å². The molecule has 3 heteroatoms. The Balaban J connectivity index is 1.55. The SMILES string of the molecule is COC(C)O[C@H]1CC[C@@]2(C)C(=CC[C@@H]3[C@@H]2CC[C@]2(C)C(=O)CC[C@@H]32)C1. The summed E-state index contributed by atoms with van der Waals surface area (Å²) in [5.41, 5.74) is 1.93. The molecule has 3 saturated carbocycles. The number of allylic oxidation sites excluding steroid dienone is 1. The molecule has 0 spiro atoms. The van der Waals surface area contributed by atoms with Crippen LogP contribution >= 0.6 is 0 Å². The van der Waals surface area contributed by atoms with Gasteiger partial charge >= 0.3 is 0 Å². The number of hydrogen-bond donors (Lipinski definition) is 0. The van der Waals surface area contributed by atoms with Crippen LogP contribution in [0.5, 0.6) is 0 Å². The molecule has 0 N–H and O–H groups in total. The van der Waals surface area contributed by atoms with Crippen molar-refractivity contribution in [3.63, 3.8) is 0 Å². The van der Waals surface area contributed by atoms with Gasteiger partial charge in [-0.1, -0.05) is 25.5 Å². The maximum absolute atomic E-state index is 12.5. The highest BCUT2D eigenvalue weighted by Crippen LogP contribution is 2.64. The lowest BCUT2D eigenvalue weighted by molar-refractivity contribution is -0.155. The average molecular weight is 347 g/mol. The van der Waals surface area contributed by atoms with Crippen LogP contribution in [-0.4, -0.2) is 25.3 Å². The van der Waals surface area contributed by atoms with Crippen molar-refractivity contribution in [3.05, 3.63) is 11.6 Å². The molecule has 0 heterocycles. The van der Waals surface area contributed by atoms with E-state index in [1.54, 1.807) is 12.7 Å². The van der Waals surface area contributed by atoms with Crippen molar-refractivity contribution in [1.29, 1.82) is 0 Å². The van der Waals surface area contributed by atoms with Crippen LogP contribution < -0.4 is 0 Å². The number of ketones is 1. The highest BCUT2D eigenvalue weighted by Gasteiger charge is 2.58. The first-order valence-electron chi connectivity index (χ1n) is 10.3. The number of rotatable bonds is 3. The maximum atomic E-state index is 12.5. The first-order valence-corrected chi connectivity index (χ1v) is 10.3. The van der Waals surface area contributed by atoms with E-state index in [4.69, 9.17) is 9.47 Å². The number of carbonyl (C=O) groups is 1. The maximum Gasteiger partial charge on any atom is 0.154 e. The highest BCUT2D eigenvalue weighted by atomic mass is 16.7. The van der Waals surface area contributed by atoms with Gasteiger partial charge in [-0.3, -0.25) is 4.79 Å². The van der Waals surface area contributed by atoms with Crippen LogP contribution in [0.4, 0.5) is 0 Å². The molecule has 0 aromatic rings. The summed E-state index contributed by atoms with van der Waals surface area (Å²) in [5.74, 6) is 2.64. The average Bonchev–Trinajstić information content (AvgIpc) is 2.90. The quantitative estimate of drug-likeness (QED) is 0.539. The van der Waals surface area contributed by atoms with Crippen molar-refractivity contribution in [2.24, 2.45) is 28.6 Å². The number of hydrogen-bond acceptors (Lipinski definition) is 3. The zero-order valence-electron chi connectivity index (χ0n) is 16.3. The largest absolute Gasteiger partial charge is 0.356 e. The van der Waals surface area contributed by atoms with Gasteiger partial charge in [0.15, 0.2) is 6.29 Å². The fourth-order valence-corrected chi connectivity index (χ4v) is 6.84. The molecule has 140 valence electrons. The Morgan fingerprint density at radius 3 is 2.60 bits per heavy atom. The smallest absolute Gasteiger partial charge is 0.154 e. The molecule has 25 heavy (non-hydrogen) atoms. The molecule has 7 atom stereocenters. The Kier molecular flexibility index (Phi) is 4.39. The monoisotopic (exact) mass is 346 g/mol. The molecule has 3 fully saturated rings. The molecule has 3 nitrogen and oxygen atoms in total. The van der Waals surface area contributed by atoms with E-state index in [0.717, 1.165) is 38.0 Å². The van der Waals surface area contributed by atoms with Crippen molar-refractivity contribution >= 4 is 5.78 Å². The molecule has 0 saturated heterocycles. The summed E-state index contributed by atoms with van der Waals surface area (Å²) in [5, 5.41) is 0. The van der Waals surface area contributed by atoms with E-state index < -0.39 is 0 Å². The van der Waals surface area contributed by atoms with E-state index in [9.17, 15) is 4.79 Å². The molecule has 1 unspecified atom stereocenters. The Labute approximate surface area is 152 Å². The summed E-state index contributed by atoms with van der Waals surface area (Å²) in [6.45, 7) is 6.75. The summed E-state index contributed by atoms with van der Waals surface area (Å²) in [4.78, 5) is 12.5. The van der Waals surface area contributed by atoms with Crippen LogP contribution in [-0.2, 0) is 14.3 Å². The normalized spacial score (nSPS) is 47.5. The second-order valence-electron chi connectivity index (χ2n) is 9.48. The van der Waals surface area contributed by atoms with E-state index in [1.807, 2.05) is 6.92 Å². The number of methoxy groups -OCH3 is 1. The van der Waals surface area contributed by atoms with Gasteiger partial charge in [0.25, 0.3) is 0 Å². The van der Waals surface area contributed by atoms with Crippen molar-refractivity contribution in [2.75, 3.05) is 7.11 Å². The van der Waals surface area contributed by atoms with Crippen LogP contribution in [0.3, 0.4) is 0 Å². The summed E-state index contributed by atoms with van der Waals surface area (Å²) >= 11 is 0. The summed E-state index contributed by atoms with van der Waals surface area (Å²) < 4.78 is 11.4. The molecular formula is C22H34O3. The van der Waals surface area contributed by atoms with Gasteiger partial charge in [-0.2, -0.15) is 0 Å². The fraction of sp³-hybridized carbons (Fsp3) is 0.864. The Bertz CT molecular complexity index is 582. The lowest BCUT2D eigenvalue weighted by atomic mass is 9.48. The lowest BCUT2D eigenvalue weighted by Gasteiger charge is -2.57. The van der Waals surface area contributed by atoms with E-state index in [1.165, 1.54) is 19.3 Å². The van der Waals surface area contributed by atoms with Crippen LogP contribution in [0.1, 0.15) is 72.1 Å². The third kappa shape index (κ3) is 2.65. The first kappa shape index (κ1) is 17.7. The van der Waals surface area contributed by atoms with E-state index >= 15 is 0 Å². The van der Waals surface area contributed by atoms with Gasteiger partial charge in [-0.15, -0.1) is 0 Å². The summed E-state index contributed by atoms with van der Waals surface area (Å²) in [6, 6.07) is 0. The van der Waals surface area contributed by atoms with Gasteiger partial charge in [0, 0.05) is 18.9 Å². The molecular weight excluding hydrogens is 312 g/mol. The molecule has 0 radical (unpaired) electrons. The predicted molar refractivity (Wildman–Crippen MR) is 98.1 cm³/mol. The van der Waals surface area contributed by atoms with Gasteiger partial charge < -0.3 is 9.47 Å². The minimum atomic E-state index is -0.119. The van der Waals surface area contributed by atoms with Gasteiger partial charge in [-0.25, -0.2) is 0 Å². The Morgan fingerprint density at radius 1 is 1.12 bits per heavy atom. The van der Waals surface area contributed by atoms with Crippen LogP contribution in [0.25, 0.3) is 0 Å². The lowest BCUT2D eigenvalue weighted by Crippen LogP contribution is -2.50. The third-order valence-corrected chi connectivity index (χ3v) is 8.48. The Hall–Kier alpha value is -0.670.